The summed E-state index contributed by atoms with van der Waals surface area (Å²) in [7, 11) is 0. The Bertz CT molecular complexity index is 470. The zero-order chi connectivity index (χ0) is 15.2. The van der Waals surface area contributed by atoms with Crippen molar-refractivity contribution in [1.29, 1.82) is 0 Å². The van der Waals surface area contributed by atoms with E-state index in [2.05, 4.69) is 28.8 Å². The molecule has 21 heavy (non-hydrogen) atoms. The summed E-state index contributed by atoms with van der Waals surface area (Å²) in [6.07, 6.45) is 8.21. The second kappa shape index (κ2) is 8.35. The molecule has 2 atom stereocenters. The van der Waals surface area contributed by atoms with Gasteiger partial charge in [-0.3, -0.25) is 0 Å². The van der Waals surface area contributed by atoms with Crippen LogP contribution in [0, 0.1) is 0 Å². The molecule has 1 aromatic rings. The van der Waals surface area contributed by atoms with E-state index in [0.29, 0.717) is 27.2 Å². The third-order valence-corrected chi connectivity index (χ3v) is 5.55. The minimum absolute atomic E-state index is 0.430. The number of anilines is 2. The third-order valence-electron chi connectivity index (χ3n) is 3.80. The van der Waals surface area contributed by atoms with Gasteiger partial charge in [0.2, 0.25) is 0 Å². The van der Waals surface area contributed by atoms with Gasteiger partial charge in [-0.1, -0.05) is 43.0 Å². The number of thioether (sulfide) groups is 1. The molecule has 0 spiro atoms. The first kappa shape index (κ1) is 17.0. The van der Waals surface area contributed by atoms with Crippen LogP contribution in [-0.4, -0.2) is 29.1 Å². The van der Waals surface area contributed by atoms with Crippen LogP contribution < -0.4 is 10.6 Å². The molecule has 3 nitrogen and oxygen atoms in total. The van der Waals surface area contributed by atoms with E-state index < -0.39 is 0 Å². The fourth-order valence-corrected chi connectivity index (χ4v) is 4.07. The van der Waals surface area contributed by atoms with Gasteiger partial charge in [0.25, 0.3) is 0 Å². The fourth-order valence-electron chi connectivity index (χ4n) is 2.65. The molecule has 6 heteroatoms. The monoisotopic (exact) mass is 347 g/mol. The normalized spacial score (nSPS) is 22.1. The van der Waals surface area contributed by atoms with Gasteiger partial charge in [-0.05, 0) is 31.6 Å². The van der Waals surface area contributed by atoms with E-state index in [-0.39, 0.29) is 0 Å². The van der Waals surface area contributed by atoms with Crippen LogP contribution in [-0.2, 0) is 0 Å². The Balaban J connectivity index is 2.14. The number of nitrogens with one attached hydrogen (secondary N) is 2. The van der Waals surface area contributed by atoms with Crippen molar-refractivity contribution in [2.24, 2.45) is 0 Å². The predicted molar refractivity (Wildman–Crippen MR) is 96.2 cm³/mol. The van der Waals surface area contributed by atoms with Crippen molar-refractivity contribution in [3.8, 4) is 0 Å². The van der Waals surface area contributed by atoms with Crippen LogP contribution in [0.2, 0.25) is 10.0 Å². The maximum absolute atomic E-state index is 6.30. The molecule has 1 aromatic heterocycles. The molecule has 0 aliphatic heterocycles. The molecule has 2 N–H and O–H groups in total. The van der Waals surface area contributed by atoms with Crippen LogP contribution in [0.25, 0.3) is 0 Å². The van der Waals surface area contributed by atoms with Crippen molar-refractivity contribution in [2.45, 2.75) is 50.3 Å². The number of aromatic nitrogens is 1. The molecular formula is C15H23Cl2N3S. The van der Waals surface area contributed by atoms with Gasteiger partial charge in [0.05, 0.1) is 10.0 Å². The van der Waals surface area contributed by atoms with E-state index >= 15 is 0 Å². The second-order valence-electron chi connectivity index (χ2n) is 5.39. The van der Waals surface area contributed by atoms with Crippen molar-refractivity contribution in [1.82, 2.24) is 4.98 Å². The first-order valence-corrected chi connectivity index (χ1v) is 9.59. The van der Waals surface area contributed by atoms with Crippen molar-refractivity contribution in [2.75, 3.05) is 23.4 Å². The maximum atomic E-state index is 6.30. The highest BCUT2D eigenvalue weighted by atomic mass is 35.5. The summed E-state index contributed by atoms with van der Waals surface area (Å²) in [4.78, 5) is 4.58. The van der Waals surface area contributed by atoms with E-state index in [9.17, 15) is 0 Å². The summed E-state index contributed by atoms with van der Waals surface area (Å²) in [5.41, 5.74) is 0. The van der Waals surface area contributed by atoms with Crippen molar-refractivity contribution in [3.63, 3.8) is 0 Å². The first-order valence-electron chi connectivity index (χ1n) is 7.55. The summed E-state index contributed by atoms with van der Waals surface area (Å²) < 4.78 is 0. The molecule has 0 aromatic carbocycles. The van der Waals surface area contributed by atoms with Gasteiger partial charge < -0.3 is 10.6 Å². The smallest absolute Gasteiger partial charge is 0.147 e. The van der Waals surface area contributed by atoms with Crippen LogP contribution in [0.1, 0.15) is 39.0 Å². The van der Waals surface area contributed by atoms with Crippen molar-refractivity contribution < 1.29 is 0 Å². The lowest BCUT2D eigenvalue weighted by molar-refractivity contribution is 0.474. The van der Waals surface area contributed by atoms with E-state index in [0.717, 1.165) is 18.8 Å². The lowest BCUT2D eigenvalue weighted by atomic mass is 9.95. The molecule has 1 saturated carbocycles. The highest BCUT2D eigenvalue weighted by molar-refractivity contribution is 7.99. The number of rotatable bonds is 6. The molecule has 1 fully saturated rings. The molecule has 1 heterocycles. The van der Waals surface area contributed by atoms with Gasteiger partial charge in [-0.15, -0.1) is 0 Å². The zero-order valence-corrected chi connectivity index (χ0v) is 14.9. The second-order valence-corrected chi connectivity index (χ2v) is 7.28. The van der Waals surface area contributed by atoms with Crippen LogP contribution in [0.3, 0.4) is 0 Å². The molecule has 1 aliphatic rings. The minimum atomic E-state index is 0.430. The SMILES string of the molecule is CCCNc1nc(NC2CCCCC2SC)c(Cl)cc1Cl. The topological polar surface area (TPSA) is 37.0 Å². The van der Waals surface area contributed by atoms with Gasteiger partial charge in [0.1, 0.15) is 11.6 Å². The lowest BCUT2D eigenvalue weighted by Gasteiger charge is -2.31. The van der Waals surface area contributed by atoms with Crippen molar-refractivity contribution in [3.05, 3.63) is 16.1 Å². The zero-order valence-electron chi connectivity index (χ0n) is 12.6. The average molecular weight is 348 g/mol. The number of halogens is 2. The predicted octanol–water partition coefficient (Wildman–Crippen LogP) is 5.30. The number of pyridine rings is 1. The third kappa shape index (κ3) is 4.57. The number of nitrogens with zero attached hydrogens (tertiary/aromatic N) is 1. The summed E-state index contributed by atoms with van der Waals surface area (Å²) in [6.45, 7) is 2.96. The van der Waals surface area contributed by atoms with E-state index in [4.69, 9.17) is 23.2 Å². The van der Waals surface area contributed by atoms with Crippen LogP contribution in [0.5, 0.6) is 0 Å². The Kier molecular flexibility index (Phi) is 6.77. The Morgan fingerprint density at radius 2 is 1.95 bits per heavy atom. The summed E-state index contributed by atoms with van der Waals surface area (Å²) >= 11 is 14.4. The van der Waals surface area contributed by atoms with Gasteiger partial charge in [-0.25, -0.2) is 4.98 Å². The van der Waals surface area contributed by atoms with Gasteiger partial charge in [0, 0.05) is 17.8 Å². The standard InChI is InChI=1S/C15H23Cl2N3S/c1-3-8-18-14-10(16)9-11(17)15(20-14)19-12-6-4-5-7-13(12)21-2/h9,12-13H,3-8H2,1-2H3,(H2,18,19,20). The Labute approximate surface area is 141 Å². The fraction of sp³-hybridized carbons (Fsp3) is 0.667. The molecule has 0 radical (unpaired) electrons. The Hall–Kier alpha value is -0.320. The molecule has 1 aliphatic carbocycles. The van der Waals surface area contributed by atoms with Crippen molar-refractivity contribution >= 4 is 46.6 Å². The number of hydrogen-bond donors (Lipinski definition) is 2. The highest BCUT2D eigenvalue weighted by Gasteiger charge is 2.25. The molecular weight excluding hydrogens is 325 g/mol. The molecule has 2 rings (SSSR count). The molecule has 0 bridgehead atoms. The number of hydrogen-bond acceptors (Lipinski definition) is 4. The molecule has 2 unspecified atom stereocenters. The maximum Gasteiger partial charge on any atom is 0.147 e. The summed E-state index contributed by atoms with van der Waals surface area (Å²) in [5.74, 6) is 1.45. The highest BCUT2D eigenvalue weighted by Crippen LogP contribution is 2.33. The van der Waals surface area contributed by atoms with Gasteiger partial charge in [-0.2, -0.15) is 11.8 Å². The van der Waals surface area contributed by atoms with E-state index in [1.807, 2.05) is 11.8 Å². The first-order chi connectivity index (χ1) is 10.2. The molecule has 0 amide bonds. The van der Waals surface area contributed by atoms with E-state index in [1.54, 1.807) is 6.07 Å². The van der Waals surface area contributed by atoms with Crippen LogP contribution >= 0.6 is 35.0 Å². The Morgan fingerprint density at radius 3 is 2.67 bits per heavy atom. The van der Waals surface area contributed by atoms with Gasteiger partial charge >= 0.3 is 0 Å². The van der Waals surface area contributed by atoms with Gasteiger partial charge in [0.15, 0.2) is 0 Å². The van der Waals surface area contributed by atoms with Crippen LogP contribution in [0.15, 0.2) is 6.07 Å². The largest absolute Gasteiger partial charge is 0.369 e. The quantitative estimate of drug-likeness (QED) is 0.732. The lowest BCUT2D eigenvalue weighted by Crippen LogP contribution is -2.34. The summed E-state index contributed by atoms with van der Waals surface area (Å²) in [6, 6.07) is 2.20. The van der Waals surface area contributed by atoms with Crippen LogP contribution in [0.4, 0.5) is 11.6 Å². The average Bonchev–Trinajstić information content (AvgIpc) is 2.49. The molecule has 118 valence electrons. The Morgan fingerprint density at radius 1 is 1.24 bits per heavy atom. The molecule has 0 saturated heterocycles. The van der Waals surface area contributed by atoms with E-state index in [1.165, 1.54) is 25.7 Å². The summed E-state index contributed by atoms with van der Waals surface area (Å²) in [5, 5.41) is 8.57. The minimum Gasteiger partial charge on any atom is -0.369 e.